The molecule has 34 heavy (non-hydrogen) atoms. The van der Waals surface area contributed by atoms with Gasteiger partial charge in [0.15, 0.2) is 5.16 Å². The van der Waals surface area contributed by atoms with E-state index in [1.165, 1.54) is 5.69 Å². The van der Waals surface area contributed by atoms with E-state index in [4.69, 9.17) is 4.74 Å². The van der Waals surface area contributed by atoms with E-state index in [0.717, 1.165) is 59.4 Å². The van der Waals surface area contributed by atoms with E-state index in [9.17, 15) is 4.79 Å². The molecule has 1 amide bonds. The summed E-state index contributed by atoms with van der Waals surface area (Å²) in [6.07, 6.45) is 0. The van der Waals surface area contributed by atoms with Crippen LogP contribution in [0.3, 0.4) is 0 Å². The third-order valence-electron chi connectivity index (χ3n) is 6.04. The second-order valence-electron chi connectivity index (χ2n) is 8.43. The molecule has 1 aliphatic heterocycles. The molecule has 174 valence electrons. The topological polar surface area (TPSA) is 61.5 Å². The summed E-state index contributed by atoms with van der Waals surface area (Å²) < 4.78 is 5.49. The first-order chi connectivity index (χ1) is 16.7. The van der Waals surface area contributed by atoms with Gasteiger partial charge in [0, 0.05) is 43.7 Å². The lowest BCUT2D eigenvalue weighted by molar-refractivity contribution is 0.0785. The van der Waals surface area contributed by atoms with Gasteiger partial charge in [-0.15, -0.1) is 0 Å². The van der Waals surface area contributed by atoms with E-state index in [-0.39, 0.29) is 5.91 Å². The van der Waals surface area contributed by atoms with Crippen molar-refractivity contribution in [3.05, 3.63) is 89.5 Å². The van der Waals surface area contributed by atoms with Gasteiger partial charge in [-0.05, 0) is 41.5 Å². The third kappa shape index (κ3) is 5.11. The van der Waals surface area contributed by atoms with E-state index in [0.29, 0.717) is 12.1 Å². The van der Waals surface area contributed by atoms with Crippen LogP contribution in [0.5, 0.6) is 0 Å². The number of para-hydroxylation sites is 3. The van der Waals surface area contributed by atoms with Gasteiger partial charge in [-0.2, -0.15) is 0 Å². The van der Waals surface area contributed by atoms with Crippen molar-refractivity contribution in [2.45, 2.75) is 17.5 Å². The Labute approximate surface area is 203 Å². The SMILES string of the molecule is CN(Cc1ccccc1N1CCOCC1)C(=O)c1ccc(CSc2nc3ccccc3[nH]2)cc1. The van der Waals surface area contributed by atoms with Crippen LogP contribution in [0, 0.1) is 0 Å². The van der Waals surface area contributed by atoms with Crippen molar-refractivity contribution in [1.29, 1.82) is 0 Å². The minimum Gasteiger partial charge on any atom is -0.378 e. The van der Waals surface area contributed by atoms with Crippen LogP contribution in [-0.2, 0) is 17.0 Å². The van der Waals surface area contributed by atoms with E-state index in [2.05, 4.69) is 33.1 Å². The van der Waals surface area contributed by atoms with Crippen LogP contribution >= 0.6 is 11.8 Å². The number of carbonyl (C=O) groups excluding carboxylic acids is 1. The van der Waals surface area contributed by atoms with E-state index in [1.807, 2.05) is 61.6 Å². The highest BCUT2D eigenvalue weighted by Gasteiger charge is 2.18. The number of H-pyrrole nitrogens is 1. The van der Waals surface area contributed by atoms with Crippen molar-refractivity contribution in [2.75, 3.05) is 38.3 Å². The van der Waals surface area contributed by atoms with Crippen molar-refractivity contribution < 1.29 is 9.53 Å². The average Bonchev–Trinajstić information content (AvgIpc) is 3.31. The quantitative estimate of drug-likeness (QED) is 0.385. The molecule has 3 aromatic carbocycles. The molecular weight excluding hydrogens is 444 g/mol. The maximum absolute atomic E-state index is 13.1. The molecule has 0 aliphatic carbocycles. The molecule has 1 aliphatic rings. The molecule has 0 spiro atoms. The maximum Gasteiger partial charge on any atom is 0.253 e. The number of thioether (sulfide) groups is 1. The summed E-state index contributed by atoms with van der Waals surface area (Å²) in [4.78, 5) is 25.2. The molecule has 4 aromatic rings. The number of nitrogens with one attached hydrogen (secondary N) is 1. The first-order valence-corrected chi connectivity index (χ1v) is 12.5. The minimum absolute atomic E-state index is 0.0215. The predicted octanol–water partition coefficient (Wildman–Crippen LogP) is 4.96. The highest BCUT2D eigenvalue weighted by molar-refractivity contribution is 7.98. The Kier molecular flexibility index (Phi) is 6.83. The number of rotatable bonds is 7. The number of hydrogen-bond acceptors (Lipinski definition) is 5. The highest BCUT2D eigenvalue weighted by atomic mass is 32.2. The molecule has 1 N–H and O–H groups in total. The summed E-state index contributed by atoms with van der Waals surface area (Å²) >= 11 is 1.66. The first-order valence-electron chi connectivity index (χ1n) is 11.5. The van der Waals surface area contributed by atoms with Crippen LogP contribution in [0.1, 0.15) is 21.5 Å². The Morgan fingerprint density at radius 1 is 1.03 bits per heavy atom. The predicted molar refractivity (Wildman–Crippen MR) is 137 cm³/mol. The van der Waals surface area contributed by atoms with Gasteiger partial charge >= 0.3 is 0 Å². The van der Waals surface area contributed by atoms with Crippen molar-refractivity contribution in [2.24, 2.45) is 0 Å². The van der Waals surface area contributed by atoms with Gasteiger partial charge < -0.3 is 19.5 Å². The smallest absolute Gasteiger partial charge is 0.253 e. The number of anilines is 1. The van der Waals surface area contributed by atoms with Crippen molar-refractivity contribution >= 4 is 34.4 Å². The monoisotopic (exact) mass is 472 g/mol. The fraction of sp³-hybridized carbons (Fsp3) is 0.259. The van der Waals surface area contributed by atoms with Crippen LogP contribution in [0.25, 0.3) is 11.0 Å². The summed E-state index contributed by atoms with van der Waals surface area (Å²) in [6.45, 7) is 3.80. The fourth-order valence-corrected chi connectivity index (χ4v) is 5.04. The van der Waals surface area contributed by atoms with Gasteiger partial charge in [0.1, 0.15) is 0 Å². The van der Waals surface area contributed by atoms with Crippen molar-refractivity contribution in [1.82, 2.24) is 14.9 Å². The number of benzene rings is 3. The molecule has 0 bridgehead atoms. The highest BCUT2D eigenvalue weighted by Crippen LogP contribution is 2.25. The number of amides is 1. The molecule has 6 nitrogen and oxygen atoms in total. The van der Waals surface area contributed by atoms with Gasteiger partial charge in [-0.1, -0.05) is 54.2 Å². The zero-order chi connectivity index (χ0) is 23.3. The Hall–Kier alpha value is -3.29. The summed E-state index contributed by atoms with van der Waals surface area (Å²) in [5, 5.41) is 0.903. The lowest BCUT2D eigenvalue weighted by Crippen LogP contribution is -2.37. The van der Waals surface area contributed by atoms with Gasteiger partial charge in [0.25, 0.3) is 5.91 Å². The lowest BCUT2D eigenvalue weighted by atomic mass is 10.1. The van der Waals surface area contributed by atoms with Crippen LogP contribution in [0.2, 0.25) is 0 Å². The molecule has 0 saturated carbocycles. The Balaban J connectivity index is 1.21. The first kappa shape index (κ1) is 22.5. The van der Waals surface area contributed by atoms with Gasteiger partial charge in [0.2, 0.25) is 0 Å². The van der Waals surface area contributed by atoms with Crippen LogP contribution < -0.4 is 4.90 Å². The number of ether oxygens (including phenoxy) is 1. The number of imidazole rings is 1. The molecule has 2 heterocycles. The third-order valence-corrected chi connectivity index (χ3v) is 6.99. The Bertz CT molecular complexity index is 1230. The molecular formula is C27H28N4O2S. The zero-order valence-electron chi connectivity index (χ0n) is 19.2. The lowest BCUT2D eigenvalue weighted by Gasteiger charge is -2.31. The normalized spacial score (nSPS) is 13.9. The number of nitrogens with zero attached hydrogens (tertiary/aromatic N) is 3. The molecule has 1 aromatic heterocycles. The van der Waals surface area contributed by atoms with Gasteiger partial charge in [0.05, 0.1) is 24.2 Å². The van der Waals surface area contributed by atoms with E-state index >= 15 is 0 Å². The standard InChI is InChI=1S/C27H28N4O2S/c1-30(18-22-6-2-5-9-25(22)31-14-16-33-17-15-31)26(32)21-12-10-20(11-13-21)19-34-27-28-23-7-3-4-8-24(23)29-27/h2-13H,14-19H2,1H3,(H,28,29). The fourth-order valence-electron chi connectivity index (χ4n) is 4.20. The largest absolute Gasteiger partial charge is 0.378 e. The van der Waals surface area contributed by atoms with Crippen molar-refractivity contribution in [3.63, 3.8) is 0 Å². The molecule has 1 saturated heterocycles. The Morgan fingerprint density at radius 3 is 2.56 bits per heavy atom. The van der Waals surface area contributed by atoms with Crippen LogP contribution in [0.4, 0.5) is 5.69 Å². The second-order valence-corrected chi connectivity index (χ2v) is 9.40. The summed E-state index contributed by atoms with van der Waals surface area (Å²) in [7, 11) is 1.86. The van der Waals surface area contributed by atoms with Crippen molar-refractivity contribution in [3.8, 4) is 0 Å². The number of carbonyl (C=O) groups is 1. The van der Waals surface area contributed by atoms with Gasteiger partial charge in [-0.3, -0.25) is 4.79 Å². The molecule has 5 rings (SSSR count). The number of aromatic nitrogens is 2. The molecule has 0 atom stereocenters. The molecule has 1 fully saturated rings. The Morgan fingerprint density at radius 2 is 1.76 bits per heavy atom. The number of hydrogen-bond donors (Lipinski definition) is 1. The zero-order valence-corrected chi connectivity index (χ0v) is 20.1. The van der Waals surface area contributed by atoms with E-state index in [1.54, 1.807) is 16.7 Å². The molecule has 7 heteroatoms. The van der Waals surface area contributed by atoms with Gasteiger partial charge in [-0.25, -0.2) is 4.98 Å². The van der Waals surface area contributed by atoms with Crippen LogP contribution in [-0.4, -0.2) is 54.1 Å². The molecule has 0 radical (unpaired) electrons. The minimum atomic E-state index is 0.0215. The summed E-state index contributed by atoms with van der Waals surface area (Å²) in [6, 6.07) is 24.2. The molecule has 0 unspecified atom stereocenters. The number of morpholine rings is 1. The van der Waals surface area contributed by atoms with E-state index < -0.39 is 0 Å². The summed E-state index contributed by atoms with van der Waals surface area (Å²) in [5.41, 5.74) is 6.21. The summed E-state index contributed by atoms with van der Waals surface area (Å²) in [5.74, 6) is 0.810. The maximum atomic E-state index is 13.1. The second kappa shape index (κ2) is 10.3. The number of fused-ring (bicyclic) bond motifs is 1. The number of aromatic amines is 1. The average molecular weight is 473 g/mol. The van der Waals surface area contributed by atoms with Crippen LogP contribution in [0.15, 0.2) is 78.0 Å².